The molecule has 116 valence electrons. The molecule has 1 saturated heterocycles. The Morgan fingerprint density at radius 1 is 1.43 bits per heavy atom. The minimum atomic E-state index is -0.382. The van der Waals surface area contributed by atoms with Crippen molar-refractivity contribution in [2.45, 2.75) is 59.2 Å². The molecular weight excluding hydrogens is 268 g/mol. The fourth-order valence-corrected chi connectivity index (χ4v) is 4.80. The lowest BCUT2D eigenvalue weighted by atomic mass is 9.45. The third-order valence-electron chi connectivity index (χ3n) is 6.12. The molecule has 3 aliphatic carbocycles. The first-order valence-electron chi connectivity index (χ1n) is 7.79. The van der Waals surface area contributed by atoms with Crippen LogP contribution in [0.4, 0.5) is 0 Å². The van der Waals surface area contributed by atoms with E-state index in [0.29, 0.717) is 11.5 Å². The molecule has 1 heterocycles. The molecule has 0 spiro atoms. The second kappa shape index (κ2) is 4.34. The Bertz CT molecular complexity index is 523. The number of hydrogen-bond acceptors (Lipinski definition) is 4. The van der Waals surface area contributed by atoms with E-state index in [4.69, 9.17) is 9.47 Å². The third kappa shape index (κ3) is 1.74. The van der Waals surface area contributed by atoms with Crippen LogP contribution in [0.15, 0.2) is 12.2 Å². The van der Waals surface area contributed by atoms with Crippen LogP contribution >= 0.6 is 0 Å². The van der Waals surface area contributed by atoms with Gasteiger partial charge in [0.1, 0.15) is 12.2 Å². The Morgan fingerprint density at radius 2 is 2.10 bits per heavy atom. The highest BCUT2D eigenvalue weighted by molar-refractivity contribution is 5.87. The fraction of sp³-hybridized carbons (Fsp3) is 0.765. The summed E-state index contributed by atoms with van der Waals surface area (Å²) in [5.74, 6) is -0.198. The van der Waals surface area contributed by atoms with Crippen molar-refractivity contribution in [2.75, 3.05) is 0 Å². The zero-order valence-corrected chi connectivity index (χ0v) is 13.3. The van der Waals surface area contributed by atoms with Gasteiger partial charge < -0.3 is 9.47 Å². The Balaban J connectivity index is 2.00. The van der Waals surface area contributed by atoms with Crippen LogP contribution in [0.1, 0.15) is 47.0 Å². The monoisotopic (exact) mass is 292 g/mol. The van der Waals surface area contributed by atoms with E-state index in [9.17, 15) is 9.59 Å². The SMILES string of the molecule is C=C(C)C(=O)OC1C2OC(=O)C3CC1(C)CCC32C(C)C. The largest absolute Gasteiger partial charge is 0.458 e. The molecule has 0 radical (unpaired) electrons. The van der Waals surface area contributed by atoms with E-state index in [1.165, 1.54) is 0 Å². The van der Waals surface area contributed by atoms with Gasteiger partial charge in [0.05, 0.1) is 5.92 Å². The average Bonchev–Trinajstić information content (AvgIpc) is 2.64. The van der Waals surface area contributed by atoms with Gasteiger partial charge in [-0.2, -0.15) is 0 Å². The molecule has 4 bridgehead atoms. The zero-order chi connectivity index (χ0) is 15.6. The van der Waals surface area contributed by atoms with Crippen molar-refractivity contribution in [2.24, 2.45) is 22.7 Å². The minimum Gasteiger partial charge on any atom is -0.458 e. The first-order chi connectivity index (χ1) is 9.72. The summed E-state index contributed by atoms with van der Waals surface area (Å²) >= 11 is 0. The van der Waals surface area contributed by atoms with Gasteiger partial charge in [-0.05, 0) is 32.1 Å². The molecule has 0 aromatic heterocycles. The molecule has 4 rings (SSSR count). The van der Waals surface area contributed by atoms with Crippen molar-refractivity contribution in [3.05, 3.63) is 12.2 Å². The van der Waals surface area contributed by atoms with E-state index in [-0.39, 0.29) is 40.9 Å². The van der Waals surface area contributed by atoms with Gasteiger partial charge in [-0.25, -0.2) is 4.79 Å². The molecule has 0 aromatic carbocycles. The molecule has 0 N–H and O–H groups in total. The van der Waals surface area contributed by atoms with Crippen molar-refractivity contribution in [3.8, 4) is 0 Å². The number of carbonyl (C=O) groups is 2. The van der Waals surface area contributed by atoms with Crippen LogP contribution in [-0.4, -0.2) is 24.1 Å². The molecule has 0 amide bonds. The van der Waals surface area contributed by atoms with Crippen molar-refractivity contribution >= 4 is 11.9 Å². The zero-order valence-electron chi connectivity index (χ0n) is 13.3. The van der Waals surface area contributed by atoms with Gasteiger partial charge in [0.25, 0.3) is 0 Å². The van der Waals surface area contributed by atoms with E-state index in [2.05, 4.69) is 27.4 Å². The number of hydrogen-bond donors (Lipinski definition) is 0. The fourth-order valence-electron chi connectivity index (χ4n) is 4.80. The van der Waals surface area contributed by atoms with E-state index in [1.54, 1.807) is 6.92 Å². The molecule has 4 heteroatoms. The predicted octanol–water partition coefficient (Wildman–Crippen LogP) is 2.86. The number of fused-ring (bicyclic) bond motifs is 1. The second-order valence-corrected chi connectivity index (χ2v) is 7.64. The summed E-state index contributed by atoms with van der Waals surface area (Å²) in [6, 6.07) is 0. The summed E-state index contributed by atoms with van der Waals surface area (Å²) in [6.45, 7) is 11.7. The molecule has 3 saturated carbocycles. The molecule has 4 nitrogen and oxygen atoms in total. The number of esters is 2. The summed E-state index contributed by atoms with van der Waals surface area (Å²) < 4.78 is 11.4. The van der Waals surface area contributed by atoms with Gasteiger partial charge >= 0.3 is 11.9 Å². The predicted molar refractivity (Wildman–Crippen MR) is 77.3 cm³/mol. The van der Waals surface area contributed by atoms with E-state index in [0.717, 1.165) is 19.3 Å². The molecule has 4 fully saturated rings. The van der Waals surface area contributed by atoms with Crippen molar-refractivity contribution in [1.82, 2.24) is 0 Å². The van der Waals surface area contributed by atoms with Crippen LogP contribution in [0.2, 0.25) is 0 Å². The first kappa shape index (κ1) is 14.6. The van der Waals surface area contributed by atoms with E-state index in [1.807, 2.05) is 0 Å². The quantitative estimate of drug-likeness (QED) is 0.593. The topological polar surface area (TPSA) is 52.6 Å². The lowest BCUT2D eigenvalue weighted by Crippen LogP contribution is -2.63. The van der Waals surface area contributed by atoms with Crippen molar-refractivity contribution in [3.63, 3.8) is 0 Å². The van der Waals surface area contributed by atoms with Gasteiger partial charge in [0.2, 0.25) is 0 Å². The summed E-state index contributed by atoms with van der Waals surface area (Å²) in [6.07, 6.45) is 2.06. The molecule has 0 aromatic rings. The van der Waals surface area contributed by atoms with Crippen LogP contribution in [0.5, 0.6) is 0 Å². The van der Waals surface area contributed by atoms with Crippen LogP contribution in [0, 0.1) is 22.7 Å². The molecule has 5 unspecified atom stereocenters. The average molecular weight is 292 g/mol. The Labute approximate surface area is 125 Å². The molecular formula is C17H24O4. The molecule has 5 atom stereocenters. The minimum absolute atomic E-state index is 0.0407. The smallest absolute Gasteiger partial charge is 0.333 e. The Morgan fingerprint density at radius 3 is 2.67 bits per heavy atom. The van der Waals surface area contributed by atoms with Gasteiger partial charge in [0.15, 0.2) is 0 Å². The standard InChI is InChI=1S/C17H24O4/c1-9(2)14(18)20-12-13-17(10(3)4)7-6-16(12,5)8-11(17)15(19)21-13/h10-13H,1,6-8H2,2-5H3. The highest BCUT2D eigenvalue weighted by Crippen LogP contribution is 2.67. The number of carbonyl (C=O) groups excluding carboxylic acids is 2. The molecule has 4 aliphatic rings. The highest BCUT2D eigenvalue weighted by atomic mass is 16.6. The molecule has 1 aliphatic heterocycles. The summed E-state index contributed by atoms with van der Waals surface area (Å²) in [5, 5.41) is 0. The van der Waals surface area contributed by atoms with Crippen molar-refractivity contribution < 1.29 is 19.1 Å². The maximum absolute atomic E-state index is 12.3. The van der Waals surface area contributed by atoms with Crippen molar-refractivity contribution in [1.29, 1.82) is 0 Å². The lowest BCUT2D eigenvalue weighted by molar-refractivity contribution is -0.209. The maximum atomic E-state index is 12.3. The van der Waals surface area contributed by atoms with Crippen LogP contribution in [0.3, 0.4) is 0 Å². The number of rotatable bonds is 3. The highest BCUT2D eigenvalue weighted by Gasteiger charge is 2.72. The van der Waals surface area contributed by atoms with Gasteiger partial charge in [-0.1, -0.05) is 27.4 Å². The summed E-state index contributed by atoms with van der Waals surface area (Å²) in [5.41, 5.74) is 0.0532. The van der Waals surface area contributed by atoms with E-state index >= 15 is 0 Å². The third-order valence-corrected chi connectivity index (χ3v) is 6.12. The van der Waals surface area contributed by atoms with Crippen LogP contribution in [0.25, 0.3) is 0 Å². The Kier molecular flexibility index (Phi) is 3.02. The Hall–Kier alpha value is -1.32. The van der Waals surface area contributed by atoms with Gasteiger partial charge in [0, 0.05) is 16.4 Å². The maximum Gasteiger partial charge on any atom is 0.333 e. The van der Waals surface area contributed by atoms with Gasteiger partial charge in [-0.3, -0.25) is 4.79 Å². The summed E-state index contributed by atoms with van der Waals surface area (Å²) in [4.78, 5) is 24.3. The lowest BCUT2D eigenvalue weighted by Gasteiger charge is -2.59. The normalized spacial score (nSPS) is 43.9. The van der Waals surface area contributed by atoms with Gasteiger partial charge in [-0.15, -0.1) is 0 Å². The van der Waals surface area contributed by atoms with Crippen LogP contribution < -0.4 is 0 Å². The first-order valence-corrected chi connectivity index (χ1v) is 7.79. The van der Waals surface area contributed by atoms with Crippen LogP contribution in [-0.2, 0) is 19.1 Å². The number of ether oxygens (including phenoxy) is 2. The summed E-state index contributed by atoms with van der Waals surface area (Å²) in [7, 11) is 0. The molecule has 21 heavy (non-hydrogen) atoms. The van der Waals surface area contributed by atoms with E-state index < -0.39 is 0 Å². The second-order valence-electron chi connectivity index (χ2n) is 7.64.